The summed E-state index contributed by atoms with van der Waals surface area (Å²) in [6.07, 6.45) is 7.80. The van der Waals surface area contributed by atoms with Gasteiger partial charge >= 0.3 is 5.97 Å². The summed E-state index contributed by atoms with van der Waals surface area (Å²) < 4.78 is 6.62. The Labute approximate surface area is 114 Å². The number of aromatic nitrogens is 2. The first-order valence-corrected chi connectivity index (χ1v) is 7.04. The minimum Gasteiger partial charge on any atom is -0.464 e. The Balaban J connectivity index is 2.03. The van der Waals surface area contributed by atoms with Gasteiger partial charge in [0.25, 0.3) is 0 Å². The van der Waals surface area contributed by atoms with Crippen LogP contribution in [0.2, 0.25) is 0 Å². The van der Waals surface area contributed by atoms with Crippen LogP contribution in [0.5, 0.6) is 0 Å². The summed E-state index contributed by atoms with van der Waals surface area (Å²) in [5.41, 5.74) is 6.24. The number of anilines is 1. The second-order valence-corrected chi connectivity index (χ2v) is 5.33. The third-order valence-corrected chi connectivity index (χ3v) is 4.06. The van der Waals surface area contributed by atoms with Crippen LogP contribution in [0.1, 0.15) is 54.8 Å². The zero-order valence-corrected chi connectivity index (χ0v) is 11.8. The van der Waals surface area contributed by atoms with Gasteiger partial charge in [0.1, 0.15) is 11.6 Å². The first kappa shape index (κ1) is 13.9. The van der Waals surface area contributed by atoms with Crippen molar-refractivity contribution in [2.75, 3.05) is 12.8 Å². The Morgan fingerprint density at radius 1 is 1.42 bits per heavy atom. The summed E-state index contributed by atoms with van der Waals surface area (Å²) in [6.45, 7) is 2.72. The molecule has 1 aromatic rings. The number of imidazole rings is 1. The van der Waals surface area contributed by atoms with Gasteiger partial charge in [0.2, 0.25) is 0 Å². The van der Waals surface area contributed by atoms with Crippen LogP contribution < -0.4 is 5.73 Å². The highest BCUT2D eigenvalue weighted by molar-refractivity contribution is 5.92. The van der Waals surface area contributed by atoms with Crippen LogP contribution in [-0.4, -0.2) is 22.6 Å². The van der Waals surface area contributed by atoms with Crippen molar-refractivity contribution >= 4 is 11.8 Å². The average molecular weight is 265 g/mol. The van der Waals surface area contributed by atoms with Crippen LogP contribution in [0, 0.1) is 12.8 Å². The molecule has 0 radical (unpaired) electrons. The van der Waals surface area contributed by atoms with Crippen molar-refractivity contribution < 1.29 is 9.53 Å². The second-order valence-electron chi connectivity index (χ2n) is 5.33. The van der Waals surface area contributed by atoms with E-state index in [-0.39, 0.29) is 5.69 Å². The van der Waals surface area contributed by atoms with Crippen LogP contribution in [0.25, 0.3) is 0 Å². The van der Waals surface area contributed by atoms with Crippen LogP contribution in [0.3, 0.4) is 0 Å². The Morgan fingerprint density at radius 2 is 2.11 bits per heavy atom. The fraction of sp³-hybridized carbons (Fsp3) is 0.714. The van der Waals surface area contributed by atoms with E-state index in [1.165, 1.54) is 39.2 Å². The Kier molecular flexibility index (Phi) is 4.45. The van der Waals surface area contributed by atoms with E-state index in [0.29, 0.717) is 5.82 Å². The Morgan fingerprint density at radius 3 is 2.74 bits per heavy atom. The minimum absolute atomic E-state index is 0.239. The quantitative estimate of drug-likeness (QED) is 0.849. The molecule has 0 amide bonds. The highest BCUT2D eigenvalue weighted by Crippen LogP contribution is 2.27. The molecular formula is C14H23N3O2. The van der Waals surface area contributed by atoms with Gasteiger partial charge < -0.3 is 15.0 Å². The number of carbonyl (C=O) groups excluding carboxylic acids is 1. The van der Waals surface area contributed by atoms with Gasteiger partial charge in [-0.15, -0.1) is 0 Å². The molecule has 0 unspecified atom stereocenters. The summed E-state index contributed by atoms with van der Waals surface area (Å²) in [4.78, 5) is 15.7. The van der Waals surface area contributed by atoms with Gasteiger partial charge in [-0.1, -0.05) is 32.1 Å². The number of hydrogen-bond donors (Lipinski definition) is 1. The molecule has 19 heavy (non-hydrogen) atoms. The molecule has 0 spiro atoms. The summed E-state index contributed by atoms with van der Waals surface area (Å²) in [7, 11) is 1.35. The fourth-order valence-electron chi connectivity index (χ4n) is 2.90. The number of nitrogens with two attached hydrogens (primary N) is 1. The molecule has 106 valence electrons. The van der Waals surface area contributed by atoms with E-state index in [1.807, 2.05) is 11.5 Å². The molecule has 1 aliphatic rings. The number of carbonyl (C=O) groups is 1. The van der Waals surface area contributed by atoms with Crippen LogP contribution >= 0.6 is 0 Å². The standard InChI is InChI=1S/C14H23N3O2/c1-10-16-12(14(18)19-2)13(15)17(10)9-8-11-6-4-3-5-7-11/h11H,3-9,15H2,1-2H3. The van der Waals surface area contributed by atoms with Crippen molar-refractivity contribution in [3.8, 4) is 0 Å². The first-order valence-electron chi connectivity index (χ1n) is 7.04. The fourth-order valence-corrected chi connectivity index (χ4v) is 2.90. The molecule has 1 aromatic heterocycles. The molecule has 2 rings (SSSR count). The molecule has 1 heterocycles. The molecule has 1 aliphatic carbocycles. The van der Waals surface area contributed by atoms with Gasteiger partial charge in [-0.2, -0.15) is 0 Å². The third-order valence-electron chi connectivity index (χ3n) is 4.06. The first-order chi connectivity index (χ1) is 9.13. The van der Waals surface area contributed by atoms with Crippen LogP contribution in [0.15, 0.2) is 0 Å². The lowest BCUT2D eigenvalue weighted by atomic mass is 9.87. The number of hydrogen-bond acceptors (Lipinski definition) is 4. The van der Waals surface area contributed by atoms with Gasteiger partial charge in [0.15, 0.2) is 5.69 Å². The highest BCUT2D eigenvalue weighted by Gasteiger charge is 2.20. The van der Waals surface area contributed by atoms with Crippen molar-refractivity contribution in [2.24, 2.45) is 5.92 Å². The van der Waals surface area contributed by atoms with Crippen molar-refractivity contribution in [3.05, 3.63) is 11.5 Å². The molecule has 1 fully saturated rings. The maximum absolute atomic E-state index is 11.5. The van der Waals surface area contributed by atoms with Crippen LogP contribution in [0.4, 0.5) is 5.82 Å². The number of nitrogen functional groups attached to an aromatic ring is 1. The lowest BCUT2D eigenvalue weighted by Crippen LogP contribution is -2.13. The zero-order chi connectivity index (χ0) is 13.8. The monoisotopic (exact) mass is 265 g/mol. The molecule has 0 aromatic carbocycles. The largest absolute Gasteiger partial charge is 0.464 e. The smallest absolute Gasteiger partial charge is 0.360 e. The summed E-state index contributed by atoms with van der Waals surface area (Å²) in [5, 5.41) is 0. The number of nitrogens with zero attached hydrogens (tertiary/aromatic N) is 2. The molecule has 5 nitrogen and oxygen atoms in total. The second kappa shape index (κ2) is 6.08. The average Bonchev–Trinajstić information content (AvgIpc) is 2.72. The van der Waals surface area contributed by atoms with E-state index in [2.05, 4.69) is 9.72 Å². The lowest BCUT2D eigenvalue weighted by Gasteiger charge is -2.22. The summed E-state index contributed by atoms with van der Waals surface area (Å²) >= 11 is 0. The Bertz CT molecular complexity index is 448. The predicted octanol–water partition coefficient (Wildman–Crippen LogP) is 2.53. The van der Waals surface area contributed by atoms with E-state index in [1.54, 1.807) is 0 Å². The number of esters is 1. The van der Waals surface area contributed by atoms with Crippen molar-refractivity contribution in [1.29, 1.82) is 0 Å². The maximum atomic E-state index is 11.5. The van der Waals surface area contributed by atoms with E-state index in [9.17, 15) is 4.79 Å². The molecule has 0 atom stereocenters. The normalized spacial score (nSPS) is 16.5. The van der Waals surface area contributed by atoms with E-state index in [0.717, 1.165) is 24.7 Å². The van der Waals surface area contributed by atoms with E-state index >= 15 is 0 Å². The van der Waals surface area contributed by atoms with Crippen LogP contribution in [-0.2, 0) is 11.3 Å². The summed E-state index contributed by atoms with van der Waals surface area (Å²) in [6, 6.07) is 0. The molecule has 1 saturated carbocycles. The van der Waals surface area contributed by atoms with Gasteiger partial charge in [-0.05, 0) is 19.3 Å². The maximum Gasteiger partial charge on any atom is 0.360 e. The zero-order valence-electron chi connectivity index (χ0n) is 11.8. The number of methoxy groups -OCH3 is 1. The molecule has 0 aliphatic heterocycles. The van der Waals surface area contributed by atoms with Gasteiger partial charge in [-0.3, -0.25) is 0 Å². The topological polar surface area (TPSA) is 70.1 Å². The summed E-state index contributed by atoms with van der Waals surface area (Å²) in [5.74, 6) is 1.54. The molecular weight excluding hydrogens is 242 g/mol. The van der Waals surface area contributed by atoms with Crippen molar-refractivity contribution in [3.63, 3.8) is 0 Å². The Hall–Kier alpha value is -1.52. The molecule has 0 bridgehead atoms. The van der Waals surface area contributed by atoms with Gasteiger partial charge in [-0.25, -0.2) is 9.78 Å². The SMILES string of the molecule is COC(=O)c1nc(C)n(CCC2CCCCC2)c1N. The molecule has 0 saturated heterocycles. The van der Waals surface area contributed by atoms with E-state index < -0.39 is 5.97 Å². The number of aryl methyl sites for hydroxylation is 1. The minimum atomic E-state index is -0.461. The third kappa shape index (κ3) is 3.08. The van der Waals surface area contributed by atoms with Crippen molar-refractivity contribution in [2.45, 2.75) is 52.0 Å². The van der Waals surface area contributed by atoms with E-state index in [4.69, 9.17) is 5.73 Å². The molecule has 5 heteroatoms. The number of ether oxygens (including phenoxy) is 1. The van der Waals surface area contributed by atoms with Gasteiger partial charge in [0, 0.05) is 6.54 Å². The lowest BCUT2D eigenvalue weighted by molar-refractivity contribution is 0.0595. The van der Waals surface area contributed by atoms with Crippen molar-refractivity contribution in [1.82, 2.24) is 9.55 Å². The number of rotatable bonds is 4. The predicted molar refractivity (Wildman–Crippen MR) is 73.9 cm³/mol. The molecule has 2 N–H and O–H groups in total. The highest BCUT2D eigenvalue weighted by atomic mass is 16.5. The van der Waals surface area contributed by atoms with Gasteiger partial charge in [0.05, 0.1) is 7.11 Å².